The Labute approximate surface area is 122 Å². The maximum absolute atomic E-state index is 12.4. The van der Waals surface area contributed by atoms with E-state index in [1.807, 2.05) is 13.8 Å². The van der Waals surface area contributed by atoms with Crippen LogP contribution in [-0.2, 0) is 0 Å². The summed E-state index contributed by atoms with van der Waals surface area (Å²) in [7, 11) is 0. The van der Waals surface area contributed by atoms with Gasteiger partial charge in [-0.15, -0.1) is 0 Å². The highest BCUT2D eigenvalue weighted by molar-refractivity contribution is 6.21. The summed E-state index contributed by atoms with van der Waals surface area (Å²) in [5, 5.41) is 6.95. The standard InChI is InChI=1S/C15H16N4O2/c1-8(2)12-16-13(18-17-12)9(3)19-14(20)10-6-4-5-7-11(10)15(19)21/h4-9H,1-3H3,(H,16,17,18)/t9-/m1/s1. The van der Waals surface area contributed by atoms with E-state index in [1.165, 1.54) is 4.90 Å². The number of aromatic amines is 1. The third kappa shape index (κ3) is 2.03. The molecule has 0 radical (unpaired) electrons. The van der Waals surface area contributed by atoms with Crippen molar-refractivity contribution in [1.29, 1.82) is 0 Å². The first-order valence-electron chi connectivity index (χ1n) is 6.89. The monoisotopic (exact) mass is 284 g/mol. The van der Waals surface area contributed by atoms with Crippen LogP contribution in [0.15, 0.2) is 24.3 Å². The van der Waals surface area contributed by atoms with Gasteiger partial charge in [0.1, 0.15) is 5.82 Å². The number of amides is 2. The molecule has 6 heteroatoms. The molecule has 1 aromatic heterocycles. The molecule has 1 atom stereocenters. The number of imide groups is 1. The first-order valence-corrected chi connectivity index (χ1v) is 6.89. The Kier molecular flexibility index (Phi) is 3.08. The molecule has 0 saturated carbocycles. The Morgan fingerprint density at radius 1 is 1.05 bits per heavy atom. The Morgan fingerprint density at radius 2 is 1.62 bits per heavy atom. The third-order valence-electron chi connectivity index (χ3n) is 3.64. The van der Waals surface area contributed by atoms with E-state index in [2.05, 4.69) is 15.2 Å². The van der Waals surface area contributed by atoms with Gasteiger partial charge >= 0.3 is 0 Å². The summed E-state index contributed by atoms with van der Waals surface area (Å²) in [5.74, 6) is 0.808. The maximum Gasteiger partial charge on any atom is 0.262 e. The van der Waals surface area contributed by atoms with Crippen molar-refractivity contribution < 1.29 is 9.59 Å². The van der Waals surface area contributed by atoms with Gasteiger partial charge in [0.05, 0.1) is 17.2 Å². The van der Waals surface area contributed by atoms with Crippen LogP contribution in [-0.4, -0.2) is 31.9 Å². The number of benzene rings is 1. The lowest BCUT2D eigenvalue weighted by molar-refractivity contribution is 0.0589. The summed E-state index contributed by atoms with van der Waals surface area (Å²) in [5.41, 5.74) is 0.885. The Hall–Kier alpha value is -2.50. The zero-order valence-electron chi connectivity index (χ0n) is 12.1. The van der Waals surface area contributed by atoms with Gasteiger partial charge < -0.3 is 0 Å². The topological polar surface area (TPSA) is 79.0 Å². The van der Waals surface area contributed by atoms with Gasteiger partial charge in [0.15, 0.2) is 5.82 Å². The summed E-state index contributed by atoms with van der Waals surface area (Å²) in [6, 6.07) is 6.37. The molecule has 1 aliphatic rings. The van der Waals surface area contributed by atoms with Gasteiger partial charge in [-0.1, -0.05) is 26.0 Å². The zero-order valence-corrected chi connectivity index (χ0v) is 12.1. The first kappa shape index (κ1) is 13.5. The zero-order chi connectivity index (χ0) is 15.1. The molecule has 0 unspecified atom stereocenters. The molecular formula is C15H16N4O2. The van der Waals surface area contributed by atoms with Crippen molar-refractivity contribution in [3.8, 4) is 0 Å². The quantitative estimate of drug-likeness (QED) is 0.877. The van der Waals surface area contributed by atoms with E-state index >= 15 is 0 Å². The smallest absolute Gasteiger partial charge is 0.262 e. The number of nitrogens with one attached hydrogen (secondary N) is 1. The number of carbonyl (C=O) groups is 2. The van der Waals surface area contributed by atoms with E-state index in [4.69, 9.17) is 0 Å². The molecule has 0 fully saturated rings. The van der Waals surface area contributed by atoms with Gasteiger partial charge in [-0.05, 0) is 19.1 Å². The van der Waals surface area contributed by atoms with Crippen molar-refractivity contribution in [3.05, 3.63) is 47.0 Å². The number of carbonyl (C=O) groups excluding carboxylic acids is 2. The molecule has 6 nitrogen and oxygen atoms in total. The van der Waals surface area contributed by atoms with Crippen LogP contribution in [0.25, 0.3) is 0 Å². The van der Waals surface area contributed by atoms with Crippen molar-refractivity contribution in [2.24, 2.45) is 0 Å². The van der Waals surface area contributed by atoms with Crippen molar-refractivity contribution in [1.82, 2.24) is 20.1 Å². The molecule has 2 amide bonds. The van der Waals surface area contributed by atoms with E-state index in [1.54, 1.807) is 31.2 Å². The summed E-state index contributed by atoms with van der Waals surface area (Å²) in [6.45, 7) is 5.74. The van der Waals surface area contributed by atoms with Crippen LogP contribution in [0.4, 0.5) is 0 Å². The van der Waals surface area contributed by atoms with Crippen LogP contribution in [0.1, 0.15) is 65.1 Å². The van der Waals surface area contributed by atoms with E-state index in [0.29, 0.717) is 22.8 Å². The number of hydrogen-bond acceptors (Lipinski definition) is 4. The molecule has 3 rings (SSSR count). The fraction of sp³-hybridized carbons (Fsp3) is 0.333. The van der Waals surface area contributed by atoms with Crippen LogP contribution >= 0.6 is 0 Å². The van der Waals surface area contributed by atoms with E-state index in [9.17, 15) is 9.59 Å². The molecule has 0 bridgehead atoms. The predicted octanol–water partition coefficient (Wildman–Crippen LogP) is 2.29. The van der Waals surface area contributed by atoms with Crippen LogP contribution in [0, 0.1) is 0 Å². The van der Waals surface area contributed by atoms with Gasteiger partial charge in [0, 0.05) is 5.92 Å². The van der Waals surface area contributed by atoms with E-state index in [-0.39, 0.29) is 17.7 Å². The largest absolute Gasteiger partial charge is 0.269 e. The number of hydrogen-bond donors (Lipinski definition) is 1. The molecule has 1 aliphatic heterocycles. The number of nitrogens with zero attached hydrogens (tertiary/aromatic N) is 3. The summed E-state index contributed by atoms with van der Waals surface area (Å²) >= 11 is 0. The van der Waals surface area contributed by atoms with E-state index in [0.717, 1.165) is 0 Å². The second kappa shape index (κ2) is 4.80. The van der Waals surface area contributed by atoms with Crippen molar-refractivity contribution in [2.45, 2.75) is 32.7 Å². The average molecular weight is 284 g/mol. The fourth-order valence-corrected chi connectivity index (χ4v) is 2.41. The Bertz CT molecular complexity index is 685. The molecule has 0 saturated heterocycles. The second-order valence-corrected chi connectivity index (χ2v) is 5.44. The molecule has 1 N–H and O–H groups in total. The Morgan fingerprint density at radius 3 is 2.10 bits per heavy atom. The van der Waals surface area contributed by atoms with Gasteiger partial charge in [-0.3, -0.25) is 19.6 Å². The second-order valence-electron chi connectivity index (χ2n) is 5.44. The lowest BCUT2D eigenvalue weighted by Crippen LogP contribution is -2.33. The molecule has 0 aliphatic carbocycles. The maximum atomic E-state index is 12.4. The van der Waals surface area contributed by atoms with Crippen LogP contribution < -0.4 is 0 Å². The normalized spacial score (nSPS) is 15.7. The van der Waals surface area contributed by atoms with Crippen LogP contribution in [0.3, 0.4) is 0 Å². The highest BCUT2D eigenvalue weighted by atomic mass is 16.2. The molecule has 1 aromatic carbocycles. The SMILES string of the molecule is CC(C)c1n[nH]c([C@@H](C)N2C(=O)c3ccccc3C2=O)n1. The van der Waals surface area contributed by atoms with Crippen molar-refractivity contribution in [2.75, 3.05) is 0 Å². The van der Waals surface area contributed by atoms with Gasteiger partial charge in [-0.25, -0.2) is 4.98 Å². The molecular weight excluding hydrogens is 268 g/mol. The lowest BCUT2D eigenvalue weighted by Gasteiger charge is -2.20. The highest BCUT2D eigenvalue weighted by Crippen LogP contribution is 2.29. The first-order chi connectivity index (χ1) is 10.0. The molecule has 0 spiro atoms. The summed E-state index contributed by atoms with van der Waals surface area (Å²) in [6.07, 6.45) is 0. The third-order valence-corrected chi connectivity index (χ3v) is 3.64. The number of aromatic nitrogens is 3. The molecule has 21 heavy (non-hydrogen) atoms. The lowest BCUT2D eigenvalue weighted by atomic mass is 10.1. The van der Waals surface area contributed by atoms with Gasteiger partial charge in [0.25, 0.3) is 11.8 Å². The summed E-state index contributed by atoms with van der Waals surface area (Å²) in [4.78, 5) is 30.4. The highest BCUT2D eigenvalue weighted by Gasteiger charge is 2.39. The van der Waals surface area contributed by atoms with Crippen molar-refractivity contribution in [3.63, 3.8) is 0 Å². The number of fused-ring (bicyclic) bond motifs is 1. The minimum Gasteiger partial charge on any atom is -0.269 e. The van der Waals surface area contributed by atoms with Crippen LogP contribution in [0.2, 0.25) is 0 Å². The number of rotatable bonds is 3. The van der Waals surface area contributed by atoms with Crippen molar-refractivity contribution >= 4 is 11.8 Å². The van der Waals surface area contributed by atoms with E-state index < -0.39 is 6.04 Å². The minimum absolute atomic E-state index is 0.185. The average Bonchev–Trinajstić information content (AvgIpc) is 3.05. The molecule has 2 aromatic rings. The van der Waals surface area contributed by atoms with Gasteiger partial charge in [-0.2, -0.15) is 5.10 Å². The molecule has 2 heterocycles. The van der Waals surface area contributed by atoms with Gasteiger partial charge in [0.2, 0.25) is 0 Å². The fourth-order valence-electron chi connectivity index (χ4n) is 2.41. The number of H-pyrrole nitrogens is 1. The Balaban J connectivity index is 1.94. The predicted molar refractivity (Wildman–Crippen MR) is 75.8 cm³/mol. The molecule has 108 valence electrons. The summed E-state index contributed by atoms with van der Waals surface area (Å²) < 4.78 is 0. The minimum atomic E-state index is -0.475. The van der Waals surface area contributed by atoms with Crippen LogP contribution in [0.5, 0.6) is 0 Å².